The zero-order valence-electron chi connectivity index (χ0n) is 13.0. The van der Waals surface area contributed by atoms with Gasteiger partial charge in [-0.1, -0.05) is 48.5 Å². The summed E-state index contributed by atoms with van der Waals surface area (Å²) >= 11 is 0. The Morgan fingerprint density at radius 3 is 2.46 bits per heavy atom. The van der Waals surface area contributed by atoms with Crippen LogP contribution in [0.2, 0.25) is 0 Å². The summed E-state index contributed by atoms with van der Waals surface area (Å²) in [6.45, 7) is 0. The van der Waals surface area contributed by atoms with Crippen molar-refractivity contribution in [2.75, 3.05) is 4.90 Å². The van der Waals surface area contributed by atoms with E-state index in [9.17, 15) is 4.79 Å². The summed E-state index contributed by atoms with van der Waals surface area (Å²) < 4.78 is 0. The molecular weight excluding hydrogens is 296 g/mol. The van der Waals surface area contributed by atoms with Gasteiger partial charge in [-0.15, -0.1) is 0 Å². The maximum absolute atomic E-state index is 12.9. The van der Waals surface area contributed by atoms with E-state index in [0.29, 0.717) is 5.57 Å². The lowest BCUT2D eigenvalue weighted by Gasteiger charge is -2.11. The van der Waals surface area contributed by atoms with Crippen molar-refractivity contribution in [2.24, 2.45) is 0 Å². The van der Waals surface area contributed by atoms with Gasteiger partial charge < -0.3 is 4.98 Å². The van der Waals surface area contributed by atoms with E-state index in [1.165, 1.54) is 0 Å². The summed E-state index contributed by atoms with van der Waals surface area (Å²) in [4.78, 5) is 17.7. The number of carbonyl (C=O) groups excluding carboxylic acids is 1. The second-order valence-electron chi connectivity index (χ2n) is 5.60. The van der Waals surface area contributed by atoms with Crippen molar-refractivity contribution in [3.63, 3.8) is 0 Å². The van der Waals surface area contributed by atoms with Crippen LogP contribution in [0.1, 0.15) is 16.8 Å². The average molecular weight is 312 g/mol. The fraction of sp³-hybridized carbons (Fsp3) is 0. The molecule has 0 saturated carbocycles. The summed E-state index contributed by atoms with van der Waals surface area (Å²) in [6, 6.07) is 21.7. The molecule has 3 nitrogen and oxygen atoms in total. The van der Waals surface area contributed by atoms with E-state index in [4.69, 9.17) is 0 Å². The highest BCUT2D eigenvalue weighted by Gasteiger charge is 2.30. The number of hydrogen-bond donors (Lipinski definition) is 1. The number of aromatic amines is 1. The number of para-hydroxylation sites is 1. The third-order valence-corrected chi connectivity index (χ3v) is 4.04. The molecule has 0 saturated heterocycles. The molecule has 4 rings (SSSR count). The minimum atomic E-state index is -0.0158. The van der Waals surface area contributed by atoms with E-state index in [2.05, 4.69) is 4.98 Å². The first-order chi connectivity index (χ1) is 11.8. The van der Waals surface area contributed by atoms with Crippen molar-refractivity contribution < 1.29 is 4.79 Å². The van der Waals surface area contributed by atoms with Crippen LogP contribution in [-0.4, -0.2) is 10.9 Å². The molecule has 1 N–H and O–H groups in total. The molecule has 116 valence electrons. The van der Waals surface area contributed by atoms with Gasteiger partial charge in [0.2, 0.25) is 0 Å². The molecule has 2 aromatic carbocycles. The predicted molar refractivity (Wildman–Crippen MR) is 98.1 cm³/mol. The predicted octanol–water partition coefficient (Wildman–Crippen LogP) is 4.57. The molecule has 3 aromatic rings. The molecule has 1 amide bonds. The number of fused-ring (bicyclic) bond motifs is 1. The van der Waals surface area contributed by atoms with Crippen LogP contribution < -0.4 is 4.90 Å². The van der Waals surface area contributed by atoms with Crippen molar-refractivity contribution in [1.82, 2.24) is 4.98 Å². The molecule has 1 aromatic heterocycles. The lowest BCUT2D eigenvalue weighted by atomic mass is 10.1. The molecule has 0 atom stereocenters. The van der Waals surface area contributed by atoms with Gasteiger partial charge in [-0.05, 0) is 35.9 Å². The molecule has 0 fully saturated rings. The Labute approximate surface area is 140 Å². The number of H-pyrrole nitrogens is 1. The van der Waals surface area contributed by atoms with E-state index in [1.807, 2.05) is 91.3 Å². The highest BCUT2D eigenvalue weighted by Crippen LogP contribution is 2.37. The molecule has 24 heavy (non-hydrogen) atoms. The molecule has 0 bridgehead atoms. The topological polar surface area (TPSA) is 36.1 Å². The summed E-state index contributed by atoms with van der Waals surface area (Å²) in [5.41, 5.74) is 4.54. The Morgan fingerprint density at radius 1 is 0.875 bits per heavy atom. The summed E-state index contributed by atoms with van der Waals surface area (Å²) in [6.07, 6.45) is 7.54. The van der Waals surface area contributed by atoms with E-state index >= 15 is 0 Å². The standard InChI is InChI=1S/C21H16N2O/c24-21-19(15-17-9-6-13-22-17)18-10-4-5-11-20(18)23(21)14-12-16-7-2-1-3-8-16/h1-15,22H/b14-12+,19-15-. The number of nitrogens with one attached hydrogen (secondary N) is 1. The molecule has 0 spiro atoms. The molecule has 0 radical (unpaired) electrons. The molecule has 1 aliphatic rings. The van der Waals surface area contributed by atoms with Gasteiger partial charge in [0.15, 0.2) is 0 Å². The SMILES string of the molecule is O=C1/C(=C\c2ccc[nH]2)c2ccccc2N1/C=C/c1ccccc1. The summed E-state index contributed by atoms with van der Waals surface area (Å²) in [5.74, 6) is -0.0158. The fourth-order valence-electron chi connectivity index (χ4n) is 2.87. The van der Waals surface area contributed by atoms with Crippen LogP contribution in [0.4, 0.5) is 5.69 Å². The normalized spacial score (nSPS) is 15.4. The Morgan fingerprint density at radius 2 is 1.67 bits per heavy atom. The summed E-state index contributed by atoms with van der Waals surface area (Å²) in [7, 11) is 0. The maximum Gasteiger partial charge on any atom is 0.263 e. The monoisotopic (exact) mass is 312 g/mol. The second-order valence-corrected chi connectivity index (χ2v) is 5.60. The van der Waals surface area contributed by atoms with Gasteiger partial charge in [0, 0.05) is 23.7 Å². The Kier molecular flexibility index (Phi) is 3.60. The van der Waals surface area contributed by atoms with Crippen molar-refractivity contribution in [2.45, 2.75) is 0 Å². The van der Waals surface area contributed by atoms with Crippen LogP contribution in [0.3, 0.4) is 0 Å². The van der Waals surface area contributed by atoms with E-state index in [-0.39, 0.29) is 5.91 Å². The molecule has 3 heteroatoms. The number of benzene rings is 2. The van der Waals surface area contributed by atoms with Crippen molar-refractivity contribution in [1.29, 1.82) is 0 Å². The third kappa shape index (κ3) is 2.57. The number of amides is 1. The van der Waals surface area contributed by atoms with Crippen LogP contribution in [-0.2, 0) is 4.79 Å². The van der Waals surface area contributed by atoms with Crippen LogP contribution in [0.5, 0.6) is 0 Å². The zero-order chi connectivity index (χ0) is 16.4. The van der Waals surface area contributed by atoms with Crippen molar-refractivity contribution in [3.8, 4) is 0 Å². The van der Waals surface area contributed by atoms with Crippen LogP contribution in [0.25, 0.3) is 17.7 Å². The number of carbonyl (C=O) groups is 1. The number of anilines is 1. The largest absolute Gasteiger partial charge is 0.362 e. The minimum absolute atomic E-state index is 0.0158. The average Bonchev–Trinajstić information content (AvgIpc) is 3.22. The first kappa shape index (κ1) is 14.3. The van der Waals surface area contributed by atoms with Crippen LogP contribution in [0.15, 0.2) is 79.1 Å². The Balaban J connectivity index is 1.74. The highest BCUT2D eigenvalue weighted by molar-refractivity contribution is 6.36. The summed E-state index contributed by atoms with van der Waals surface area (Å²) in [5, 5.41) is 0. The van der Waals surface area contributed by atoms with Crippen molar-refractivity contribution >= 4 is 29.3 Å². The third-order valence-electron chi connectivity index (χ3n) is 4.04. The molecule has 1 aliphatic heterocycles. The van der Waals surface area contributed by atoms with E-state index < -0.39 is 0 Å². The maximum atomic E-state index is 12.9. The van der Waals surface area contributed by atoms with Crippen LogP contribution >= 0.6 is 0 Å². The molecule has 2 heterocycles. The van der Waals surface area contributed by atoms with Gasteiger partial charge in [0.25, 0.3) is 5.91 Å². The van der Waals surface area contributed by atoms with Gasteiger partial charge >= 0.3 is 0 Å². The van der Waals surface area contributed by atoms with Gasteiger partial charge in [-0.2, -0.15) is 0 Å². The molecule has 0 aliphatic carbocycles. The van der Waals surface area contributed by atoms with Gasteiger partial charge in [0.05, 0.1) is 11.3 Å². The van der Waals surface area contributed by atoms with Gasteiger partial charge in [-0.3, -0.25) is 9.69 Å². The van der Waals surface area contributed by atoms with E-state index in [1.54, 1.807) is 4.90 Å². The van der Waals surface area contributed by atoms with Gasteiger partial charge in [0.1, 0.15) is 0 Å². The Hall–Kier alpha value is -3.33. The molecular formula is C21H16N2O. The second kappa shape index (κ2) is 6.05. The smallest absolute Gasteiger partial charge is 0.263 e. The lowest BCUT2D eigenvalue weighted by Crippen LogP contribution is -2.19. The Bertz CT molecular complexity index is 921. The fourth-order valence-corrected chi connectivity index (χ4v) is 2.87. The van der Waals surface area contributed by atoms with Crippen molar-refractivity contribution in [3.05, 3.63) is 95.9 Å². The first-order valence-corrected chi connectivity index (χ1v) is 7.84. The van der Waals surface area contributed by atoms with E-state index in [0.717, 1.165) is 22.5 Å². The number of rotatable bonds is 3. The van der Waals surface area contributed by atoms with Crippen LogP contribution in [0, 0.1) is 0 Å². The molecule has 0 unspecified atom stereocenters. The lowest BCUT2D eigenvalue weighted by molar-refractivity contribution is -0.112. The minimum Gasteiger partial charge on any atom is -0.362 e. The number of hydrogen-bond acceptors (Lipinski definition) is 1. The number of aromatic nitrogens is 1. The highest BCUT2D eigenvalue weighted by atomic mass is 16.2. The first-order valence-electron chi connectivity index (χ1n) is 7.84. The zero-order valence-corrected chi connectivity index (χ0v) is 13.0. The van der Waals surface area contributed by atoms with Gasteiger partial charge in [-0.25, -0.2) is 0 Å². The number of nitrogens with zero attached hydrogens (tertiary/aromatic N) is 1. The quantitative estimate of drug-likeness (QED) is 0.706.